The number of nitrogen functional groups attached to an aromatic ring is 2. The van der Waals surface area contributed by atoms with Gasteiger partial charge in [0.15, 0.2) is 5.82 Å². The standard InChI is InChI=1S/C15H19N5S.C4H12N2O.C3H8O.C2H6.2H2O.2H2/c1-21-15(6-2-3-7-15)11-8-13(17)20-14(19-11)10-4-5-12(16)18-9-10;1-6(2)4-3-5-7;1-2-3-4;1-2;;;;/h4-5,8-9H,2-3,6-7H2,1H3,(H2,16,18)(H2,17,19,20);5,7H,3-4H2,1-2H3;4H,2-3H2,1H3;1-2H3;2*1H2;2*1H. The molecule has 11 N–H and O–H groups in total. The van der Waals surface area contributed by atoms with Crippen LogP contribution in [0.1, 0.15) is 61.4 Å². The van der Waals surface area contributed by atoms with E-state index < -0.39 is 0 Å². The van der Waals surface area contributed by atoms with Gasteiger partial charge in [-0.25, -0.2) is 20.4 Å². The fraction of sp³-hybridized carbons (Fsp3) is 0.625. The number of likely N-dealkylation sites (N-methyl/N-ethyl adjacent to an activating group) is 1. The fourth-order valence-corrected chi connectivity index (χ4v) is 4.16. The van der Waals surface area contributed by atoms with Crippen LogP contribution in [0.15, 0.2) is 24.4 Å². The predicted molar refractivity (Wildman–Crippen MR) is 156 cm³/mol. The minimum atomic E-state index is 0. The zero-order chi connectivity index (χ0) is 26.0. The summed E-state index contributed by atoms with van der Waals surface area (Å²) in [6.45, 7) is 7.75. The maximum Gasteiger partial charge on any atom is 0.163 e. The summed E-state index contributed by atoms with van der Waals surface area (Å²) in [4.78, 5) is 15.2. The van der Waals surface area contributed by atoms with Gasteiger partial charge in [-0.1, -0.05) is 33.6 Å². The highest BCUT2D eigenvalue weighted by Crippen LogP contribution is 2.48. The van der Waals surface area contributed by atoms with Crippen LogP contribution < -0.4 is 16.9 Å². The molecule has 0 unspecified atom stereocenters. The van der Waals surface area contributed by atoms with Gasteiger partial charge >= 0.3 is 0 Å². The third-order valence-electron chi connectivity index (χ3n) is 4.95. The molecule has 36 heavy (non-hydrogen) atoms. The second-order valence-corrected chi connectivity index (χ2v) is 9.00. The Morgan fingerprint density at radius 3 is 2.08 bits per heavy atom. The number of hydrogen-bond acceptors (Lipinski definition) is 10. The lowest BCUT2D eigenvalue weighted by Crippen LogP contribution is -2.23. The lowest BCUT2D eigenvalue weighted by atomic mass is 10.0. The molecule has 0 saturated heterocycles. The van der Waals surface area contributed by atoms with E-state index in [0.717, 1.165) is 37.1 Å². The van der Waals surface area contributed by atoms with Crippen molar-refractivity contribution in [1.29, 1.82) is 0 Å². The molecule has 0 aliphatic heterocycles. The molecule has 0 amide bonds. The minimum absolute atomic E-state index is 0. The van der Waals surface area contributed by atoms with E-state index in [-0.39, 0.29) is 18.6 Å². The molecule has 1 saturated carbocycles. The Hall–Kier alpha value is -2.06. The number of thioether (sulfide) groups is 1. The number of hydroxylamine groups is 1. The minimum Gasteiger partial charge on any atom is -0.412 e. The first-order valence-electron chi connectivity index (χ1n) is 11.9. The molecule has 0 radical (unpaired) electrons. The smallest absolute Gasteiger partial charge is 0.163 e. The normalized spacial score (nSPS) is 12.9. The SMILES string of the molecule is CC.CCCO.CN(C)CCNO.CSC1(c2cc(N)nc(-c3ccc(N)nc3)n2)CCCC1.O.O.[HH].[HH]. The molecule has 0 spiro atoms. The number of aromatic nitrogens is 3. The van der Waals surface area contributed by atoms with Gasteiger partial charge in [0.25, 0.3) is 0 Å². The van der Waals surface area contributed by atoms with Crippen molar-refractivity contribution in [3.8, 4) is 11.4 Å². The first-order chi connectivity index (χ1) is 16.3. The van der Waals surface area contributed by atoms with Crippen molar-refractivity contribution in [2.24, 2.45) is 0 Å². The van der Waals surface area contributed by atoms with E-state index in [1.54, 1.807) is 12.3 Å². The number of nitrogens with zero attached hydrogens (tertiary/aromatic N) is 4. The number of hydrogen-bond donors (Lipinski definition) is 5. The van der Waals surface area contributed by atoms with Gasteiger partial charge in [0.1, 0.15) is 11.6 Å². The fourth-order valence-electron chi connectivity index (χ4n) is 3.15. The monoisotopic (exact) mass is 535 g/mol. The summed E-state index contributed by atoms with van der Waals surface area (Å²) in [6.07, 6.45) is 9.48. The number of anilines is 2. The maximum atomic E-state index is 8.04. The lowest BCUT2D eigenvalue weighted by Gasteiger charge is -2.26. The van der Waals surface area contributed by atoms with Crippen LogP contribution in [0.2, 0.25) is 0 Å². The van der Waals surface area contributed by atoms with E-state index >= 15 is 0 Å². The molecule has 12 heteroatoms. The van der Waals surface area contributed by atoms with Crippen LogP contribution in [0, 0.1) is 0 Å². The third-order valence-corrected chi connectivity index (χ3v) is 6.35. The van der Waals surface area contributed by atoms with E-state index in [1.807, 2.05) is 63.7 Å². The van der Waals surface area contributed by atoms with Crippen molar-refractivity contribution in [1.82, 2.24) is 25.3 Å². The number of aliphatic hydroxyl groups is 1. The van der Waals surface area contributed by atoms with Crippen LogP contribution in [0.5, 0.6) is 0 Å². The molecule has 1 fully saturated rings. The van der Waals surface area contributed by atoms with Crippen LogP contribution in [0.25, 0.3) is 11.4 Å². The average Bonchev–Trinajstić information content (AvgIpc) is 3.35. The van der Waals surface area contributed by atoms with Crippen LogP contribution in [-0.4, -0.2) is 81.2 Å². The highest BCUT2D eigenvalue weighted by atomic mass is 32.2. The number of nitrogens with one attached hydrogen (secondary N) is 1. The van der Waals surface area contributed by atoms with E-state index in [2.05, 4.69) is 21.7 Å². The Kier molecular flexibility index (Phi) is 23.7. The highest BCUT2D eigenvalue weighted by molar-refractivity contribution is 7.99. The second kappa shape index (κ2) is 22.2. The molecule has 0 atom stereocenters. The number of pyridine rings is 1. The van der Waals surface area contributed by atoms with E-state index in [9.17, 15) is 0 Å². The molecule has 3 rings (SSSR count). The van der Waals surface area contributed by atoms with Crippen molar-refractivity contribution in [2.45, 2.75) is 57.6 Å². The molecule has 214 valence electrons. The van der Waals surface area contributed by atoms with Gasteiger partial charge < -0.3 is 37.6 Å². The van der Waals surface area contributed by atoms with Crippen molar-refractivity contribution < 1.29 is 24.1 Å². The Balaban J connectivity index is -0.000000183. The van der Waals surface area contributed by atoms with Gasteiger partial charge in [-0.05, 0) is 51.7 Å². The number of aliphatic hydroxyl groups excluding tert-OH is 1. The summed E-state index contributed by atoms with van der Waals surface area (Å²) in [6, 6.07) is 5.54. The van der Waals surface area contributed by atoms with Gasteiger partial charge in [0.05, 0.1) is 10.4 Å². The van der Waals surface area contributed by atoms with Crippen molar-refractivity contribution in [3.05, 3.63) is 30.1 Å². The topological polar surface area (TPSA) is 209 Å². The van der Waals surface area contributed by atoms with Crippen LogP contribution >= 0.6 is 11.8 Å². The zero-order valence-electron chi connectivity index (χ0n) is 22.7. The molecule has 1 aliphatic carbocycles. The van der Waals surface area contributed by atoms with E-state index in [0.29, 0.717) is 30.6 Å². The molecule has 2 aromatic heterocycles. The average molecular weight is 536 g/mol. The molecule has 11 nitrogen and oxygen atoms in total. The predicted octanol–water partition coefficient (Wildman–Crippen LogP) is 2.62. The number of nitrogens with two attached hydrogens (primary N) is 2. The first-order valence-corrected chi connectivity index (χ1v) is 13.1. The second-order valence-electron chi connectivity index (χ2n) is 7.81. The zero-order valence-corrected chi connectivity index (χ0v) is 23.5. The van der Waals surface area contributed by atoms with E-state index in [4.69, 9.17) is 26.8 Å². The third kappa shape index (κ3) is 13.9. The van der Waals surface area contributed by atoms with Crippen molar-refractivity contribution in [2.75, 3.05) is 51.5 Å². The Morgan fingerprint density at radius 2 is 1.69 bits per heavy atom. The summed E-state index contributed by atoms with van der Waals surface area (Å²) in [5, 5.41) is 15.9. The molecule has 2 aromatic rings. The van der Waals surface area contributed by atoms with Gasteiger partial charge in [-0.2, -0.15) is 11.8 Å². The lowest BCUT2D eigenvalue weighted by molar-refractivity contribution is 0.157. The van der Waals surface area contributed by atoms with Crippen molar-refractivity contribution >= 4 is 23.4 Å². The summed E-state index contributed by atoms with van der Waals surface area (Å²) in [5.41, 5.74) is 15.6. The summed E-state index contributed by atoms with van der Waals surface area (Å²) in [7, 11) is 3.91. The molecule has 0 bridgehead atoms. The van der Waals surface area contributed by atoms with Crippen LogP contribution in [0.4, 0.5) is 11.6 Å². The molecular weight excluding hydrogens is 482 g/mol. The Morgan fingerprint density at radius 1 is 1.11 bits per heavy atom. The van der Waals surface area contributed by atoms with Crippen LogP contribution in [0.3, 0.4) is 0 Å². The van der Waals surface area contributed by atoms with Crippen LogP contribution in [-0.2, 0) is 4.75 Å². The maximum absolute atomic E-state index is 8.04. The van der Waals surface area contributed by atoms with Gasteiger partial charge in [0.2, 0.25) is 0 Å². The van der Waals surface area contributed by atoms with Gasteiger partial charge in [-0.3, -0.25) is 0 Å². The quantitative estimate of drug-likeness (QED) is 0.327. The van der Waals surface area contributed by atoms with Crippen molar-refractivity contribution in [3.63, 3.8) is 0 Å². The molecule has 2 heterocycles. The number of rotatable bonds is 7. The highest BCUT2D eigenvalue weighted by Gasteiger charge is 2.36. The summed E-state index contributed by atoms with van der Waals surface area (Å²) >= 11 is 1.87. The summed E-state index contributed by atoms with van der Waals surface area (Å²) in [5.74, 6) is 1.62. The largest absolute Gasteiger partial charge is 0.412 e. The first kappa shape index (κ1) is 38.5. The molecular formula is C24H53N7O4S. The van der Waals surface area contributed by atoms with E-state index in [1.165, 1.54) is 12.8 Å². The Labute approximate surface area is 223 Å². The van der Waals surface area contributed by atoms with Gasteiger partial charge in [0, 0.05) is 40.4 Å². The van der Waals surface area contributed by atoms with Gasteiger partial charge in [-0.15, -0.1) is 0 Å². The Bertz CT molecular complexity index is 787. The molecule has 0 aromatic carbocycles. The summed E-state index contributed by atoms with van der Waals surface area (Å²) < 4.78 is 0.0764. The molecule has 1 aliphatic rings.